The quantitative estimate of drug-likeness (QED) is 0.0617. The summed E-state index contributed by atoms with van der Waals surface area (Å²) in [5.74, 6) is -2.02. The van der Waals surface area contributed by atoms with Crippen LogP contribution in [0.3, 0.4) is 0 Å². The van der Waals surface area contributed by atoms with E-state index in [1.54, 1.807) is 0 Å². The summed E-state index contributed by atoms with van der Waals surface area (Å²) in [5.41, 5.74) is 3.81. The molecule has 2 saturated heterocycles. The molecule has 2 atom stereocenters. The van der Waals surface area contributed by atoms with Crippen LogP contribution in [0, 0.1) is 15.0 Å². The van der Waals surface area contributed by atoms with Crippen LogP contribution < -0.4 is 9.80 Å². The van der Waals surface area contributed by atoms with Crippen LogP contribution in [0.5, 0.6) is 0 Å². The molecule has 64 heavy (non-hydrogen) atoms. The molecule has 8 rings (SSSR count). The molecule has 0 aromatic heterocycles. The van der Waals surface area contributed by atoms with E-state index in [2.05, 4.69) is 9.80 Å². The Morgan fingerprint density at radius 3 is 1.41 bits per heavy atom. The first kappa shape index (κ1) is 43.3. The zero-order chi connectivity index (χ0) is 44.8. The first-order chi connectivity index (χ1) is 30.9. The van der Waals surface area contributed by atoms with Crippen LogP contribution in [0.15, 0.2) is 145 Å². The van der Waals surface area contributed by atoms with Gasteiger partial charge < -0.3 is 0 Å². The summed E-state index contributed by atoms with van der Waals surface area (Å²) < 4.78 is -1.64. The maximum Gasteiger partial charge on any atom is 0.470 e. The Labute approximate surface area is 368 Å². The van der Waals surface area contributed by atoms with E-state index in [-0.39, 0.29) is 42.5 Å². The monoisotopic (exact) mass is 871 g/mol. The molecule has 4 heterocycles. The van der Waals surface area contributed by atoms with Gasteiger partial charge >= 0.3 is 29.7 Å². The van der Waals surface area contributed by atoms with Crippen LogP contribution in [0.25, 0.3) is 0 Å². The molecule has 1 N–H and O–H groups in total. The van der Waals surface area contributed by atoms with Crippen LogP contribution >= 0.6 is 0 Å². The molecule has 18 heteroatoms. The number of nitrogens with zero attached hydrogens (tertiary/aromatic N) is 8. The molecular formula is C46H47N8O10+3. The van der Waals surface area contributed by atoms with Gasteiger partial charge in [0.05, 0.1) is 47.4 Å². The van der Waals surface area contributed by atoms with Gasteiger partial charge in [-0.2, -0.15) is 0 Å². The molecule has 4 amide bonds. The topological polar surface area (TPSA) is 183 Å². The zero-order valence-electron chi connectivity index (χ0n) is 34.9. The lowest BCUT2D eigenvalue weighted by Crippen LogP contribution is -2.54. The van der Waals surface area contributed by atoms with Crippen molar-refractivity contribution < 1.29 is 53.2 Å². The van der Waals surface area contributed by atoms with Gasteiger partial charge in [-0.15, -0.1) is 0 Å². The predicted molar refractivity (Wildman–Crippen MR) is 231 cm³/mol. The van der Waals surface area contributed by atoms with E-state index < -0.39 is 38.2 Å². The van der Waals surface area contributed by atoms with E-state index in [9.17, 15) is 39.4 Å². The second-order valence-corrected chi connectivity index (χ2v) is 15.9. The van der Waals surface area contributed by atoms with E-state index in [4.69, 9.17) is 9.68 Å². The molecule has 4 aliphatic rings. The highest BCUT2D eigenvalue weighted by atomic mass is 16.8. The molecule has 328 valence electrons. The molecule has 2 fully saturated rings. The Kier molecular flexibility index (Phi) is 12.5. The second kappa shape index (κ2) is 18.5. The third-order valence-corrected chi connectivity index (χ3v) is 11.8. The van der Waals surface area contributed by atoms with Crippen LogP contribution in [0.4, 0.5) is 32.3 Å². The SMILES string of the molecule is O=C(/C=C\C(=O)O[N+]1(C2=CCCN(Cc3ccccc3)C2)CCN(c2ccc([N+](=O)O)cc2)C1=O)O[N+]1(C2=CCCN(Cc3ccccc3)C2)CCN(c2ccc([N+](=O)[O-])cc2)C1=O. The lowest BCUT2D eigenvalue weighted by molar-refractivity contribution is -0.985. The minimum Gasteiger partial charge on any atom is -0.289 e. The van der Waals surface area contributed by atoms with Gasteiger partial charge in [0.25, 0.3) is 10.6 Å². The van der Waals surface area contributed by atoms with Crippen molar-refractivity contribution in [2.24, 2.45) is 0 Å². The minimum atomic E-state index is -1.01. The van der Waals surface area contributed by atoms with Crippen LogP contribution in [0.1, 0.15) is 24.0 Å². The molecule has 0 aliphatic carbocycles. The lowest BCUT2D eigenvalue weighted by Gasteiger charge is -2.34. The summed E-state index contributed by atoms with van der Waals surface area (Å²) >= 11 is 0. The molecule has 4 aliphatic heterocycles. The number of anilines is 2. The normalized spacial score (nSPS) is 21.8. The number of quaternary nitrogens is 2. The number of urea groups is 2. The Morgan fingerprint density at radius 2 is 1.02 bits per heavy atom. The summed E-state index contributed by atoms with van der Waals surface area (Å²) in [6.45, 7) is 3.47. The van der Waals surface area contributed by atoms with Gasteiger partial charge in [0.15, 0.2) is 24.5 Å². The van der Waals surface area contributed by atoms with Gasteiger partial charge in [0.1, 0.15) is 0 Å². The highest BCUT2D eigenvalue weighted by Crippen LogP contribution is 2.36. The summed E-state index contributed by atoms with van der Waals surface area (Å²) in [4.78, 5) is 98.2. The molecule has 18 nitrogen and oxygen atoms in total. The number of benzene rings is 4. The minimum absolute atomic E-state index is 0.0228. The summed E-state index contributed by atoms with van der Waals surface area (Å²) in [5, 5.41) is 20.7. The lowest BCUT2D eigenvalue weighted by atomic mass is 10.1. The number of nitro benzene ring substituents is 1. The number of carbonyl (C=O) groups excluding carboxylic acids is 4. The van der Waals surface area contributed by atoms with Crippen molar-refractivity contribution in [3.63, 3.8) is 0 Å². The average Bonchev–Trinajstić information content (AvgIpc) is 3.82. The largest absolute Gasteiger partial charge is 0.470 e. The number of nitro groups is 1. The van der Waals surface area contributed by atoms with Gasteiger partial charge in [0, 0.05) is 62.6 Å². The Balaban J connectivity index is 1.04. The third-order valence-electron chi connectivity index (χ3n) is 11.8. The predicted octanol–water partition coefficient (Wildman–Crippen LogP) is 6.66. The fourth-order valence-electron chi connectivity index (χ4n) is 8.62. The summed E-state index contributed by atoms with van der Waals surface area (Å²) in [6, 6.07) is 29.8. The molecule has 0 bridgehead atoms. The van der Waals surface area contributed by atoms with E-state index in [0.717, 1.165) is 23.3 Å². The maximum absolute atomic E-state index is 14.5. The smallest absolute Gasteiger partial charge is 0.289 e. The zero-order valence-corrected chi connectivity index (χ0v) is 34.9. The molecule has 0 saturated carbocycles. The van der Waals surface area contributed by atoms with E-state index in [1.807, 2.05) is 72.8 Å². The van der Waals surface area contributed by atoms with Gasteiger partial charge in [-0.1, -0.05) is 60.7 Å². The van der Waals surface area contributed by atoms with Crippen molar-refractivity contribution in [1.82, 2.24) is 9.80 Å². The van der Waals surface area contributed by atoms with Crippen molar-refractivity contribution >= 4 is 46.8 Å². The number of amides is 4. The van der Waals surface area contributed by atoms with Gasteiger partial charge in [-0.25, -0.2) is 24.4 Å². The van der Waals surface area contributed by atoms with Gasteiger partial charge in [-0.3, -0.25) is 39.4 Å². The molecule has 2 unspecified atom stereocenters. The van der Waals surface area contributed by atoms with Gasteiger partial charge in [-0.05, 0) is 69.7 Å². The van der Waals surface area contributed by atoms with E-state index >= 15 is 0 Å². The Hall–Kier alpha value is -7.38. The van der Waals surface area contributed by atoms with Crippen molar-refractivity contribution in [2.45, 2.75) is 25.9 Å². The molecular weight excluding hydrogens is 825 g/mol. The molecule has 4 aromatic carbocycles. The Morgan fingerprint density at radius 1 is 0.609 bits per heavy atom. The number of hydrogen-bond acceptors (Lipinski definition) is 11. The fourth-order valence-corrected chi connectivity index (χ4v) is 8.62. The third kappa shape index (κ3) is 9.06. The van der Waals surface area contributed by atoms with Crippen molar-refractivity contribution in [1.29, 1.82) is 0 Å². The number of rotatable bonds is 14. The van der Waals surface area contributed by atoms with E-state index in [1.165, 1.54) is 58.3 Å². The highest BCUT2D eigenvalue weighted by Gasteiger charge is 2.57. The number of carbonyl (C=O) groups is 4. The fraction of sp³-hybridized carbons (Fsp3) is 0.261. The summed E-state index contributed by atoms with van der Waals surface area (Å²) in [7, 11) is 0. The second-order valence-electron chi connectivity index (χ2n) is 15.9. The standard InChI is InChI=1S/C46H47N8O10/c55-43(63-53(41-13-7-25-47(33-41)31-35-9-3-1-4-10-35)29-27-49(45(53)57)37-15-19-39(20-16-37)51(59)60)23-24-44(56)64-54(42-14-8-26-48(34-42)32-36-11-5-2-6-12-36)30-28-50(46(54)58)38-17-21-40(22-18-38)52(61)62/h1-6,9-24H,7-8,25-34H2,(H,59,60)/q+3/b24-23-. The Bertz CT molecular complexity index is 2360. The molecule has 4 aromatic rings. The van der Waals surface area contributed by atoms with Crippen LogP contribution in [-0.2, 0) is 32.4 Å². The first-order valence-corrected chi connectivity index (χ1v) is 20.9. The number of hydrogen-bond donors (Lipinski definition) is 1. The van der Waals surface area contributed by atoms with Crippen LogP contribution in [0.2, 0.25) is 0 Å². The van der Waals surface area contributed by atoms with Gasteiger partial charge in [0.2, 0.25) is 0 Å². The maximum atomic E-state index is 14.5. The van der Waals surface area contributed by atoms with Crippen LogP contribution in [-0.4, -0.2) is 111 Å². The van der Waals surface area contributed by atoms with Crippen molar-refractivity contribution in [3.8, 4) is 0 Å². The summed E-state index contributed by atoms with van der Waals surface area (Å²) in [6.07, 6.45) is 6.67. The highest BCUT2D eigenvalue weighted by molar-refractivity contribution is 5.94. The molecule has 0 radical (unpaired) electrons. The average molecular weight is 872 g/mol. The molecule has 0 spiro atoms. The number of non-ortho nitro benzene ring substituents is 1. The number of hydroxylamine groups is 6. The van der Waals surface area contributed by atoms with E-state index in [0.29, 0.717) is 74.9 Å². The first-order valence-electron chi connectivity index (χ1n) is 20.9. The van der Waals surface area contributed by atoms with Crippen molar-refractivity contribution in [3.05, 3.63) is 171 Å². The van der Waals surface area contributed by atoms with Crippen molar-refractivity contribution in [2.75, 3.05) is 62.2 Å².